The Morgan fingerprint density at radius 3 is 2.50 bits per heavy atom. The molecular formula is C23H25FN4O2. The van der Waals surface area contributed by atoms with Crippen molar-refractivity contribution in [3.8, 4) is 0 Å². The first-order valence-corrected chi connectivity index (χ1v) is 10.4. The van der Waals surface area contributed by atoms with E-state index in [-0.39, 0.29) is 23.9 Å². The molecule has 5 rings (SSSR count). The summed E-state index contributed by atoms with van der Waals surface area (Å²) in [6, 6.07) is 16.7. The van der Waals surface area contributed by atoms with Crippen LogP contribution < -0.4 is 10.6 Å². The summed E-state index contributed by atoms with van der Waals surface area (Å²) < 4.78 is 13.3. The third-order valence-corrected chi connectivity index (χ3v) is 6.49. The maximum absolute atomic E-state index is 13.3. The van der Waals surface area contributed by atoms with Crippen LogP contribution in [0.2, 0.25) is 0 Å². The number of carbonyl (C=O) groups is 1. The minimum Gasteiger partial charge on any atom is -0.387 e. The van der Waals surface area contributed by atoms with Gasteiger partial charge in [-0.15, -0.1) is 0 Å². The van der Waals surface area contributed by atoms with Crippen LogP contribution in [-0.4, -0.2) is 41.8 Å². The van der Waals surface area contributed by atoms with Gasteiger partial charge in [0.25, 0.3) is 0 Å². The van der Waals surface area contributed by atoms with E-state index in [9.17, 15) is 9.18 Å². The summed E-state index contributed by atoms with van der Waals surface area (Å²) in [6.07, 6.45) is 1.98. The second kappa shape index (κ2) is 7.81. The molecule has 0 aliphatic carbocycles. The molecule has 2 atom stereocenters. The maximum Gasteiger partial charge on any atom is 0.241 e. The fourth-order valence-corrected chi connectivity index (χ4v) is 4.77. The zero-order valence-corrected chi connectivity index (χ0v) is 16.7. The molecule has 3 heterocycles. The molecule has 3 aliphatic heterocycles. The molecule has 2 N–H and O–H groups in total. The second-order valence-electron chi connectivity index (χ2n) is 8.22. The zero-order chi connectivity index (χ0) is 20.6. The summed E-state index contributed by atoms with van der Waals surface area (Å²) in [4.78, 5) is 20.5. The predicted octanol–water partition coefficient (Wildman–Crippen LogP) is 2.90. The molecular weight excluding hydrogens is 383 g/mol. The van der Waals surface area contributed by atoms with Crippen LogP contribution in [0.3, 0.4) is 0 Å². The Morgan fingerprint density at radius 2 is 1.83 bits per heavy atom. The van der Waals surface area contributed by atoms with Gasteiger partial charge in [-0.1, -0.05) is 47.6 Å². The van der Waals surface area contributed by atoms with E-state index in [1.807, 2.05) is 18.2 Å². The first kappa shape index (κ1) is 19.2. The average Bonchev–Trinajstić information content (AvgIpc) is 3.39. The van der Waals surface area contributed by atoms with Crippen molar-refractivity contribution in [1.29, 1.82) is 0 Å². The lowest BCUT2D eigenvalue weighted by Crippen LogP contribution is -2.55. The normalized spacial score (nSPS) is 24.4. The van der Waals surface area contributed by atoms with Gasteiger partial charge in [0.2, 0.25) is 5.91 Å². The van der Waals surface area contributed by atoms with Crippen molar-refractivity contribution in [2.75, 3.05) is 19.8 Å². The number of rotatable bonds is 4. The topological polar surface area (TPSA) is 66.0 Å². The van der Waals surface area contributed by atoms with Crippen molar-refractivity contribution in [2.45, 2.75) is 36.9 Å². The summed E-state index contributed by atoms with van der Waals surface area (Å²) in [5, 5.41) is 10.7. The lowest BCUT2D eigenvalue weighted by Gasteiger charge is -2.41. The maximum atomic E-state index is 13.3. The lowest BCUT2D eigenvalue weighted by atomic mass is 9.85. The van der Waals surface area contributed by atoms with Crippen LogP contribution in [0.25, 0.3) is 0 Å². The molecule has 0 saturated carbocycles. The van der Waals surface area contributed by atoms with Crippen LogP contribution in [0, 0.1) is 5.82 Å². The highest BCUT2D eigenvalue weighted by molar-refractivity contribution is 5.92. The molecule has 6 nitrogen and oxygen atoms in total. The summed E-state index contributed by atoms with van der Waals surface area (Å²) >= 11 is 0. The van der Waals surface area contributed by atoms with Crippen molar-refractivity contribution in [3.05, 3.63) is 71.5 Å². The molecule has 0 bridgehead atoms. The Hall–Kier alpha value is -2.77. The van der Waals surface area contributed by atoms with Crippen LogP contribution in [-0.2, 0) is 9.63 Å². The van der Waals surface area contributed by atoms with Crippen molar-refractivity contribution in [2.24, 2.45) is 5.16 Å². The Bertz CT molecular complexity index is 939. The molecule has 7 heteroatoms. The van der Waals surface area contributed by atoms with Gasteiger partial charge in [-0.05, 0) is 36.1 Å². The monoisotopic (exact) mass is 408 g/mol. The molecule has 2 aromatic rings. The summed E-state index contributed by atoms with van der Waals surface area (Å²) in [7, 11) is 0. The van der Waals surface area contributed by atoms with Gasteiger partial charge in [0.05, 0.1) is 18.4 Å². The van der Waals surface area contributed by atoms with Crippen molar-refractivity contribution >= 4 is 11.6 Å². The zero-order valence-electron chi connectivity index (χ0n) is 16.7. The lowest BCUT2D eigenvalue weighted by molar-refractivity contribution is -0.125. The standard InChI is InChI=1S/C23H25FN4O2/c24-18-8-6-16(7-9-18)20-14-19(27-30-20)21(17-4-2-1-3-5-17)28-12-10-23(11-13-28)22(29)25-15-26-23/h1-9,20-21,26H,10-15H2,(H,25,29). The van der Waals surface area contributed by atoms with Crippen molar-refractivity contribution in [1.82, 2.24) is 15.5 Å². The number of amides is 1. The number of halogens is 1. The van der Waals surface area contributed by atoms with Crippen LogP contribution in [0.15, 0.2) is 59.8 Å². The quantitative estimate of drug-likeness (QED) is 0.817. The largest absolute Gasteiger partial charge is 0.387 e. The number of likely N-dealkylation sites (tertiary alicyclic amines) is 1. The van der Waals surface area contributed by atoms with E-state index < -0.39 is 5.54 Å². The highest BCUT2D eigenvalue weighted by atomic mass is 19.1. The van der Waals surface area contributed by atoms with Gasteiger partial charge in [0.15, 0.2) is 6.10 Å². The molecule has 2 unspecified atom stereocenters. The van der Waals surface area contributed by atoms with Gasteiger partial charge in [0.1, 0.15) is 11.4 Å². The fraction of sp³-hybridized carbons (Fsp3) is 0.391. The number of nitrogens with one attached hydrogen (secondary N) is 2. The Kier molecular flexibility index (Phi) is 5.00. The molecule has 2 aromatic carbocycles. The summed E-state index contributed by atoms with van der Waals surface area (Å²) in [5.74, 6) is -0.150. The fourth-order valence-electron chi connectivity index (χ4n) is 4.77. The number of carbonyl (C=O) groups excluding carboxylic acids is 1. The number of nitrogens with zero attached hydrogens (tertiary/aromatic N) is 2. The molecule has 1 spiro atoms. The Morgan fingerprint density at radius 1 is 1.10 bits per heavy atom. The molecule has 156 valence electrons. The first-order chi connectivity index (χ1) is 14.6. The van der Waals surface area contributed by atoms with E-state index in [1.54, 1.807) is 12.1 Å². The molecule has 0 radical (unpaired) electrons. The highest BCUT2D eigenvalue weighted by Crippen LogP contribution is 2.37. The second-order valence-corrected chi connectivity index (χ2v) is 8.22. The number of hydrogen-bond donors (Lipinski definition) is 2. The number of oxime groups is 1. The van der Waals surface area contributed by atoms with Gasteiger partial charge in [0, 0.05) is 19.5 Å². The predicted molar refractivity (Wildman–Crippen MR) is 111 cm³/mol. The number of benzene rings is 2. The van der Waals surface area contributed by atoms with Crippen LogP contribution in [0.4, 0.5) is 4.39 Å². The minimum absolute atomic E-state index is 0.00142. The summed E-state index contributed by atoms with van der Waals surface area (Å²) in [5.41, 5.74) is 2.61. The molecule has 30 heavy (non-hydrogen) atoms. The minimum atomic E-state index is -0.442. The van der Waals surface area contributed by atoms with Crippen molar-refractivity contribution in [3.63, 3.8) is 0 Å². The van der Waals surface area contributed by atoms with Crippen LogP contribution in [0.1, 0.15) is 42.5 Å². The van der Waals surface area contributed by atoms with E-state index in [1.165, 1.54) is 17.7 Å². The Balaban J connectivity index is 1.36. The van der Waals surface area contributed by atoms with Gasteiger partial charge in [-0.3, -0.25) is 15.0 Å². The van der Waals surface area contributed by atoms with Gasteiger partial charge in [-0.25, -0.2) is 4.39 Å². The van der Waals surface area contributed by atoms with Crippen molar-refractivity contribution < 1.29 is 14.0 Å². The van der Waals surface area contributed by atoms with E-state index in [0.717, 1.165) is 37.2 Å². The molecule has 2 fully saturated rings. The smallest absolute Gasteiger partial charge is 0.241 e. The number of piperidine rings is 1. The third kappa shape index (κ3) is 3.48. The molecule has 3 aliphatic rings. The summed E-state index contributed by atoms with van der Waals surface area (Å²) in [6.45, 7) is 2.13. The Labute approximate surface area is 175 Å². The van der Waals surface area contributed by atoms with E-state index in [4.69, 9.17) is 4.84 Å². The number of hydrogen-bond acceptors (Lipinski definition) is 5. The van der Waals surface area contributed by atoms with Crippen LogP contribution >= 0.6 is 0 Å². The molecule has 0 aromatic heterocycles. The van der Waals surface area contributed by atoms with Gasteiger partial charge in [-0.2, -0.15) is 0 Å². The van der Waals surface area contributed by atoms with Gasteiger partial charge < -0.3 is 10.2 Å². The van der Waals surface area contributed by atoms with E-state index in [2.05, 4.69) is 32.8 Å². The van der Waals surface area contributed by atoms with Gasteiger partial charge >= 0.3 is 0 Å². The molecule has 2 saturated heterocycles. The average molecular weight is 408 g/mol. The van der Waals surface area contributed by atoms with Crippen LogP contribution in [0.5, 0.6) is 0 Å². The van der Waals surface area contributed by atoms with E-state index in [0.29, 0.717) is 13.1 Å². The SMILES string of the molecule is O=C1NCNC12CCN(C(C1=NOC(c3ccc(F)cc3)C1)c1ccccc1)CC2. The highest BCUT2D eigenvalue weighted by Gasteiger charge is 2.46. The third-order valence-electron chi connectivity index (χ3n) is 6.49. The first-order valence-electron chi connectivity index (χ1n) is 10.4. The molecule has 1 amide bonds. The van der Waals surface area contributed by atoms with E-state index >= 15 is 0 Å².